The maximum atomic E-state index is 5.45. The van der Waals surface area contributed by atoms with Crippen molar-refractivity contribution in [3.05, 3.63) is 24.3 Å². The molecule has 1 aromatic rings. The van der Waals surface area contributed by atoms with E-state index in [-0.39, 0.29) is 0 Å². The number of hydrogen-bond donors (Lipinski definition) is 0. The molecule has 0 radical (unpaired) electrons. The third kappa shape index (κ3) is 3.87. The van der Waals surface area contributed by atoms with Crippen molar-refractivity contribution in [1.82, 2.24) is 4.90 Å². The second kappa shape index (κ2) is 5.83. The van der Waals surface area contributed by atoms with E-state index in [2.05, 4.69) is 42.7 Å². The molecule has 0 N–H and O–H groups in total. The standard InChI is InChI=1S/C16H26N2O/c1-16(2,3)13-17-9-11-18(12-10-17)14-7-5-6-8-15(14)19-4/h5-8H,9-13H2,1-4H3. The molecule has 0 spiro atoms. The van der Waals surface area contributed by atoms with Gasteiger partial charge in [-0.05, 0) is 17.5 Å². The molecule has 1 fully saturated rings. The minimum absolute atomic E-state index is 0.382. The number of ether oxygens (including phenoxy) is 1. The first-order chi connectivity index (χ1) is 8.99. The molecule has 1 heterocycles. The summed E-state index contributed by atoms with van der Waals surface area (Å²) < 4.78 is 5.45. The highest BCUT2D eigenvalue weighted by Crippen LogP contribution is 2.28. The Morgan fingerprint density at radius 2 is 1.68 bits per heavy atom. The van der Waals surface area contributed by atoms with Gasteiger partial charge in [0.25, 0.3) is 0 Å². The minimum Gasteiger partial charge on any atom is -0.495 e. The zero-order valence-corrected chi connectivity index (χ0v) is 12.6. The average Bonchev–Trinajstić information content (AvgIpc) is 2.38. The first kappa shape index (κ1) is 14.2. The van der Waals surface area contributed by atoms with Gasteiger partial charge in [0.1, 0.15) is 5.75 Å². The van der Waals surface area contributed by atoms with E-state index in [4.69, 9.17) is 4.74 Å². The molecule has 0 bridgehead atoms. The van der Waals surface area contributed by atoms with Crippen molar-refractivity contribution in [2.75, 3.05) is 44.7 Å². The molecule has 0 atom stereocenters. The molecule has 0 unspecified atom stereocenters. The molecule has 0 aliphatic carbocycles. The molecule has 3 nitrogen and oxygen atoms in total. The number of methoxy groups -OCH3 is 1. The first-order valence-corrected chi connectivity index (χ1v) is 7.10. The normalized spacial score (nSPS) is 17.6. The molecule has 1 saturated heterocycles. The lowest BCUT2D eigenvalue weighted by Gasteiger charge is -2.39. The van der Waals surface area contributed by atoms with Crippen LogP contribution in [0.5, 0.6) is 5.75 Å². The van der Waals surface area contributed by atoms with Crippen LogP contribution in [0.4, 0.5) is 5.69 Å². The Labute approximate surface area is 117 Å². The lowest BCUT2D eigenvalue weighted by atomic mass is 9.96. The van der Waals surface area contributed by atoms with Crippen molar-refractivity contribution in [2.24, 2.45) is 5.41 Å². The molecule has 3 heteroatoms. The molecule has 2 rings (SSSR count). The second-order valence-electron chi connectivity index (χ2n) is 6.50. The van der Waals surface area contributed by atoms with Gasteiger partial charge in [-0.1, -0.05) is 32.9 Å². The quantitative estimate of drug-likeness (QED) is 0.833. The summed E-state index contributed by atoms with van der Waals surface area (Å²) in [5.41, 5.74) is 1.60. The van der Waals surface area contributed by atoms with Gasteiger partial charge in [0.15, 0.2) is 0 Å². The van der Waals surface area contributed by atoms with E-state index in [0.717, 1.165) is 31.9 Å². The van der Waals surface area contributed by atoms with Gasteiger partial charge in [0.05, 0.1) is 12.8 Å². The Bertz CT molecular complexity index is 403. The molecule has 0 saturated carbocycles. The van der Waals surface area contributed by atoms with Crippen LogP contribution in [0.3, 0.4) is 0 Å². The summed E-state index contributed by atoms with van der Waals surface area (Å²) in [6, 6.07) is 8.30. The molecule has 19 heavy (non-hydrogen) atoms. The van der Waals surface area contributed by atoms with E-state index in [1.165, 1.54) is 12.2 Å². The zero-order valence-electron chi connectivity index (χ0n) is 12.6. The fourth-order valence-corrected chi connectivity index (χ4v) is 2.71. The van der Waals surface area contributed by atoms with Crippen LogP contribution >= 0.6 is 0 Å². The number of rotatable bonds is 3. The summed E-state index contributed by atoms with van der Waals surface area (Å²) in [4.78, 5) is 4.99. The topological polar surface area (TPSA) is 15.7 Å². The lowest BCUT2D eigenvalue weighted by molar-refractivity contribution is 0.182. The van der Waals surface area contributed by atoms with Crippen LogP contribution in [0, 0.1) is 5.41 Å². The summed E-state index contributed by atoms with van der Waals surface area (Å²) in [5, 5.41) is 0. The molecular weight excluding hydrogens is 236 g/mol. The van der Waals surface area contributed by atoms with Crippen LogP contribution in [0.25, 0.3) is 0 Å². The van der Waals surface area contributed by atoms with Crippen LogP contribution in [0.2, 0.25) is 0 Å². The number of benzene rings is 1. The van der Waals surface area contributed by atoms with E-state index >= 15 is 0 Å². The Balaban J connectivity index is 1.96. The summed E-state index contributed by atoms with van der Waals surface area (Å²) in [6.45, 7) is 12.5. The molecule has 1 aliphatic rings. The third-order valence-corrected chi connectivity index (χ3v) is 3.50. The highest BCUT2D eigenvalue weighted by atomic mass is 16.5. The Morgan fingerprint density at radius 1 is 1.05 bits per heavy atom. The number of para-hydroxylation sites is 2. The maximum Gasteiger partial charge on any atom is 0.142 e. The van der Waals surface area contributed by atoms with Gasteiger partial charge in [0, 0.05) is 32.7 Å². The van der Waals surface area contributed by atoms with E-state index in [0.29, 0.717) is 5.41 Å². The van der Waals surface area contributed by atoms with Crippen molar-refractivity contribution < 1.29 is 4.74 Å². The summed E-state index contributed by atoms with van der Waals surface area (Å²) in [6.07, 6.45) is 0. The highest BCUT2D eigenvalue weighted by Gasteiger charge is 2.22. The Kier molecular flexibility index (Phi) is 4.35. The predicted octanol–water partition coefficient (Wildman–Crippen LogP) is 2.86. The van der Waals surface area contributed by atoms with Crippen molar-refractivity contribution in [1.29, 1.82) is 0 Å². The van der Waals surface area contributed by atoms with Gasteiger partial charge in [-0.25, -0.2) is 0 Å². The van der Waals surface area contributed by atoms with Crippen LogP contribution < -0.4 is 9.64 Å². The monoisotopic (exact) mass is 262 g/mol. The van der Waals surface area contributed by atoms with Crippen LogP contribution in [0.15, 0.2) is 24.3 Å². The second-order valence-corrected chi connectivity index (χ2v) is 6.50. The maximum absolute atomic E-state index is 5.45. The van der Waals surface area contributed by atoms with Gasteiger partial charge in [0.2, 0.25) is 0 Å². The average molecular weight is 262 g/mol. The van der Waals surface area contributed by atoms with Crippen molar-refractivity contribution in [3.63, 3.8) is 0 Å². The lowest BCUT2D eigenvalue weighted by Crippen LogP contribution is -2.48. The van der Waals surface area contributed by atoms with Crippen molar-refractivity contribution in [2.45, 2.75) is 20.8 Å². The summed E-state index contributed by atoms with van der Waals surface area (Å²) in [7, 11) is 1.74. The SMILES string of the molecule is COc1ccccc1N1CCN(CC(C)(C)C)CC1. The molecular formula is C16H26N2O. The van der Waals surface area contributed by atoms with Crippen LogP contribution in [-0.2, 0) is 0 Å². The summed E-state index contributed by atoms with van der Waals surface area (Å²) >= 11 is 0. The minimum atomic E-state index is 0.382. The highest BCUT2D eigenvalue weighted by molar-refractivity contribution is 5.58. The van der Waals surface area contributed by atoms with E-state index in [1.807, 2.05) is 12.1 Å². The molecule has 0 aromatic heterocycles. The molecule has 0 amide bonds. The third-order valence-electron chi connectivity index (χ3n) is 3.50. The molecule has 106 valence electrons. The zero-order chi connectivity index (χ0) is 13.9. The van der Waals surface area contributed by atoms with E-state index in [1.54, 1.807) is 7.11 Å². The summed E-state index contributed by atoms with van der Waals surface area (Å²) in [5.74, 6) is 0.978. The van der Waals surface area contributed by atoms with E-state index in [9.17, 15) is 0 Å². The number of hydrogen-bond acceptors (Lipinski definition) is 3. The van der Waals surface area contributed by atoms with Crippen LogP contribution in [-0.4, -0.2) is 44.7 Å². The van der Waals surface area contributed by atoms with Gasteiger partial charge in [-0.3, -0.25) is 4.90 Å². The number of anilines is 1. The molecule has 1 aliphatic heterocycles. The van der Waals surface area contributed by atoms with Gasteiger partial charge < -0.3 is 9.64 Å². The van der Waals surface area contributed by atoms with Crippen molar-refractivity contribution >= 4 is 5.69 Å². The van der Waals surface area contributed by atoms with Gasteiger partial charge in [-0.15, -0.1) is 0 Å². The van der Waals surface area contributed by atoms with Gasteiger partial charge in [-0.2, -0.15) is 0 Å². The fourth-order valence-electron chi connectivity index (χ4n) is 2.71. The molecule has 1 aromatic carbocycles. The number of nitrogens with zero attached hydrogens (tertiary/aromatic N) is 2. The van der Waals surface area contributed by atoms with E-state index < -0.39 is 0 Å². The predicted molar refractivity (Wildman–Crippen MR) is 81.1 cm³/mol. The fraction of sp³-hybridized carbons (Fsp3) is 0.625. The smallest absolute Gasteiger partial charge is 0.142 e. The Morgan fingerprint density at radius 3 is 2.26 bits per heavy atom. The largest absolute Gasteiger partial charge is 0.495 e. The number of piperazine rings is 1. The first-order valence-electron chi connectivity index (χ1n) is 7.10. The van der Waals surface area contributed by atoms with Crippen LogP contribution in [0.1, 0.15) is 20.8 Å². The van der Waals surface area contributed by atoms with Gasteiger partial charge >= 0.3 is 0 Å². The Hall–Kier alpha value is -1.22. The van der Waals surface area contributed by atoms with Crippen molar-refractivity contribution in [3.8, 4) is 5.75 Å².